The van der Waals surface area contributed by atoms with Gasteiger partial charge in [-0.3, -0.25) is 4.98 Å². The molecule has 2 aromatic heterocycles. The van der Waals surface area contributed by atoms with Crippen molar-refractivity contribution in [1.82, 2.24) is 9.97 Å². The highest BCUT2D eigenvalue weighted by molar-refractivity contribution is 5.37. The Morgan fingerprint density at radius 2 is 2.07 bits per heavy atom. The van der Waals surface area contributed by atoms with Crippen LogP contribution in [-0.2, 0) is 6.54 Å². The smallest absolute Gasteiger partial charge is 0.126 e. The monoisotopic (exact) mass is 199 g/mol. The van der Waals surface area contributed by atoms with E-state index in [9.17, 15) is 0 Å². The lowest BCUT2D eigenvalue weighted by atomic mass is 10.3. The van der Waals surface area contributed by atoms with Gasteiger partial charge in [0.15, 0.2) is 0 Å². The molecule has 0 amide bonds. The third-order valence-corrected chi connectivity index (χ3v) is 2.09. The van der Waals surface area contributed by atoms with E-state index in [0.717, 1.165) is 11.5 Å². The van der Waals surface area contributed by atoms with Gasteiger partial charge in [0.25, 0.3) is 0 Å². The molecule has 0 atom stereocenters. The minimum Gasteiger partial charge on any atom is -0.364 e. The second-order valence-corrected chi connectivity index (χ2v) is 3.39. The maximum absolute atomic E-state index is 4.23. The summed E-state index contributed by atoms with van der Waals surface area (Å²) in [5, 5.41) is 3.23. The second-order valence-electron chi connectivity index (χ2n) is 3.39. The summed E-state index contributed by atoms with van der Waals surface area (Å²) in [6.07, 6.45) is 3.59. The summed E-state index contributed by atoms with van der Waals surface area (Å²) >= 11 is 0. The van der Waals surface area contributed by atoms with Crippen LogP contribution in [0, 0.1) is 6.92 Å². The van der Waals surface area contributed by atoms with Crippen LogP contribution in [0.2, 0.25) is 0 Å². The number of hydrogen-bond donors (Lipinski definition) is 1. The van der Waals surface area contributed by atoms with Crippen molar-refractivity contribution in [3.05, 3.63) is 54.0 Å². The summed E-state index contributed by atoms with van der Waals surface area (Å²) in [6.45, 7) is 2.75. The molecule has 0 unspecified atom stereocenters. The molecule has 2 aromatic rings. The van der Waals surface area contributed by atoms with Gasteiger partial charge in [-0.05, 0) is 36.8 Å². The van der Waals surface area contributed by atoms with Crippen LogP contribution in [0.3, 0.4) is 0 Å². The van der Waals surface area contributed by atoms with Gasteiger partial charge in [0.2, 0.25) is 0 Å². The molecule has 0 bridgehead atoms. The zero-order valence-corrected chi connectivity index (χ0v) is 8.64. The van der Waals surface area contributed by atoms with Crippen LogP contribution in [-0.4, -0.2) is 9.97 Å². The Labute approximate surface area is 89.2 Å². The van der Waals surface area contributed by atoms with Crippen molar-refractivity contribution < 1.29 is 0 Å². The highest BCUT2D eigenvalue weighted by Gasteiger charge is 1.95. The zero-order valence-electron chi connectivity index (χ0n) is 8.64. The molecular weight excluding hydrogens is 186 g/mol. The van der Waals surface area contributed by atoms with Gasteiger partial charge in [0, 0.05) is 12.4 Å². The Hall–Kier alpha value is -1.90. The van der Waals surface area contributed by atoms with E-state index in [0.29, 0.717) is 6.54 Å². The molecule has 0 aliphatic carbocycles. The van der Waals surface area contributed by atoms with E-state index in [1.807, 2.05) is 37.3 Å². The van der Waals surface area contributed by atoms with Crippen LogP contribution in [0.4, 0.5) is 5.82 Å². The number of rotatable bonds is 3. The number of pyridine rings is 2. The molecule has 3 heteroatoms. The fraction of sp³-hybridized carbons (Fsp3) is 0.167. The molecule has 15 heavy (non-hydrogen) atoms. The molecule has 0 fully saturated rings. The topological polar surface area (TPSA) is 37.8 Å². The predicted octanol–water partition coefficient (Wildman–Crippen LogP) is 2.40. The number of hydrogen-bond acceptors (Lipinski definition) is 3. The van der Waals surface area contributed by atoms with Crippen LogP contribution in [0.15, 0.2) is 42.7 Å². The van der Waals surface area contributed by atoms with Gasteiger partial charge < -0.3 is 5.32 Å². The Kier molecular flexibility index (Phi) is 2.93. The first-order valence-electron chi connectivity index (χ1n) is 4.91. The quantitative estimate of drug-likeness (QED) is 0.824. The summed E-state index contributed by atoms with van der Waals surface area (Å²) in [7, 11) is 0. The van der Waals surface area contributed by atoms with Gasteiger partial charge in [-0.25, -0.2) is 4.98 Å². The maximum Gasteiger partial charge on any atom is 0.126 e. The molecule has 0 saturated carbocycles. The van der Waals surface area contributed by atoms with E-state index < -0.39 is 0 Å². The van der Waals surface area contributed by atoms with Crippen LogP contribution in [0.1, 0.15) is 11.3 Å². The molecule has 1 N–H and O–H groups in total. The molecule has 2 rings (SSSR count). The van der Waals surface area contributed by atoms with Crippen molar-refractivity contribution in [2.75, 3.05) is 5.32 Å². The van der Waals surface area contributed by atoms with E-state index in [4.69, 9.17) is 0 Å². The Balaban J connectivity index is 1.99. The fourth-order valence-corrected chi connectivity index (χ4v) is 1.32. The molecule has 0 radical (unpaired) electrons. The molecular formula is C12H13N3. The predicted molar refractivity (Wildman–Crippen MR) is 60.5 cm³/mol. The first kappa shape index (κ1) is 9.65. The molecule has 0 aliphatic rings. The first-order chi connectivity index (χ1) is 7.34. The number of anilines is 1. The Morgan fingerprint density at radius 3 is 2.80 bits per heavy atom. The third kappa shape index (κ3) is 2.77. The van der Waals surface area contributed by atoms with Gasteiger partial charge in [-0.2, -0.15) is 0 Å². The first-order valence-corrected chi connectivity index (χ1v) is 4.91. The lowest BCUT2D eigenvalue weighted by Crippen LogP contribution is -2.02. The standard InChI is InChI=1S/C12H13N3/c1-10-5-7-14-12(8-10)15-9-11-4-2-3-6-13-11/h2-8H,9H2,1H3,(H,14,15). The molecule has 0 saturated heterocycles. The fourth-order valence-electron chi connectivity index (χ4n) is 1.32. The highest BCUT2D eigenvalue weighted by Crippen LogP contribution is 2.06. The lowest BCUT2D eigenvalue weighted by Gasteiger charge is -2.04. The summed E-state index contributed by atoms with van der Waals surface area (Å²) in [6, 6.07) is 9.87. The number of nitrogens with zero attached hydrogens (tertiary/aromatic N) is 2. The molecule has 0 aliphatic heterocycles. The van der Waals surface area contributed by atoms with Gasteiger partial charge >= 0.3 is 0 Å². The van der Waals surface area contributed by atoms with Crippen LogP contribution >= 0.6 is 0 Å². The summed E-state index contributed by atoms with van der Waals surface area (Å²) in [5.74, 6) is 0.889. The van der Waals surface area contributed by atoms with E-state index >= 15 is 0 Å². The zero-order chi connectivity index (χ0) is 10.5. The average molecular weight is 199 g/mol. The molecule has 2 heterocycles. The van der Waals surface area contributed by atoms with Crippen LogP contribution in [0.5, 0.6) is 0 Å². The van der Waals surface area contributed by atoms with Crippen LogP contribution < -0.4 is 5.32 Å². The number of aromatic nitrogens is 2. The third-order valence-electron chi connectivity index (χ3n) is 2.09. The van der Waals surface area contributed by atoms with Crippen molar-refractivity contribution >= 4 is 5.82 Å². The van der Waals surface area contributed by atoms with Crippen LogP contribution in [0.25, 0.3) is 0 Å². The highest BCUT2D eigenvalue weighted by atomic mass is 15.0. The largest absolute Gasteiger partial charge is 0.364 e. The van der Waals surface area contributed by atoms with Crippen molar-refractivity contribution in [2.45, 2.75) is 13.5 Å². The SMILES string of the molecule is Cc1ccnc(NCc2ccccn2)c1. The van der Waals surface area contributed by atoms with E-state index in [1.165, 1.54) is 5.56 Å². The van der Waals surface area contributed by atoms with E-state index in [1.54, 1.807) is 12.4 Å². The number of nitrogens with one attached hydrogen (secondary N) is 1. The van der Waals surface area contributed by atoms with Gasteiger partial charge in [0.1, 0.15) is 5.82 Å². The van der Waals surface area contributed by atoms with Crippen molar-refractivity contribution in [3.63, 3.8) is 0 Å². The van der Waals surface area contributed by atoms with Crippen molar-refractivity contribution in [3.8, 4) is 0 Å². The van der Waals surface area contributed by atoms with Crippen molar-refractivity contribution in [2.24, 2.45) is 0 Å². The molecule has 3 nitrogen and oxygen atoms in total. The molecule has 0 spiro atoms. The lowest BCUT2D eigenvalue weighted by molar-refractivity contribution is 1.03. The summed E-state index contributed by atoms with van der Waals surface area (Å²) in [5.41, 5.74) is 2.22. The normalized spacial score (nSPS) is 9.93. The Bertz CT molecular complexity index is 426. The van der Waals surface area contributed by atoms with Crippen molar-refractivity contribution in [1.29, 1.82) is 0 Å². The minimum atomic E-state index is 0.706. The molecule has 76 valence electrons. The Morgan fingerprint density at radius 1 is 1.13 bits per heavy atom. The number of aryl methyl sites for hydroxylation is 1. The average Bonchev–Trinajstić information content (AvgIpc) is 2.28. The van der Waals surface area contributed by atoms with Gasteiger partial charge in [-0.1, -0.05) is 6.07 Å². The maximum atomic E-state index is 4.23. The van der Waals surface area contributed by atoms with Gasteiger partial charge in [-0.15, -0.1) is 0 Å². The summed E-state index contributed by atoms with van der Waals surface area (Å²) < 4.78 is 0. The summed E-state index contributed by atoms with van der Waals surface area (Å²) in [4.78, 5) is 8.44. The second kappa shape index (κ2) is 4.55. The van der Waals surface area contributed by atoms with Gasteiger partial charge in [0.05, 0.1) is 12.2 Å². The minimum absolute atomic E-state index is 0.706. The van der Waals surface area contributed by atoms with E-state index in [-0.39, 0.29) is 0 Å². The van der Waals surface area contributed by atoms with E-state index in [2.05, 4.69) is 15.3 Å². The molecule has 0 aromatic carbocycles.